The number of thiocarbonyl (C=S) groups is 1. The zero-order valence-corrected chi connectivity index (χ0v) is 16.5. The summed E-state index contributed by atoms with van der Waals surface area (Å²) in [6, 6.07) is 27.3. The molecule has 3 rings (SSSR count). The van der Waals surface area contributed by atoms with E-state index in [2.05, 4.69) is 17.4 Å². The van der Waals surface area contributed by atoms with Gasteiger partial charge in [0.15, 0.2) is 5.11 Å². The topological polar surface area (TPSA) is 41.6 Å². The van der Waals surface area contributed by atoms with Crippen LogP contribution in [0, 0.1) is 0 Å². The molecule has 28 heavy (non-hydrogen) atoms. The summed E-state index contributed by atoms with van der Waals surface area (Å²) in [6.07, 6.45) is 0. The molecule has 0 spiro atoms. The molecule has 4 nitrogen and oxygen atoms in total. The fourth-order valence-electron chi connectivity index (χ4n) is 2.75. The number of nitrogens with zero attached hydrogens (tertiary/aromatic N) is 1. The highest BCUT2D eigenvalue weighted by Crippen LogP contribution is 2.19. The molecule has 0 radical (unpaired) electrons. The molecule has 142 valence electrons. The molecule has 0 aliphatic heterocycles. The second-order valence-electron chi connectivity index (χ2n) is 6.14. The Morgan fingerprint density at radius 3 is 2.14 bits per heavy atom. The van der Waals surface area contributed by atoms with Crippen molar-refractivity contribution in [2.45, 2.75) is 13.5 Å². The van der Waals surface area contributed by atoms with Crippen molar-refractivity contribution in [1.82, 2.24) is 0 Å². The van der Waals surface area contributed by atoms with Gasteiger partial charge in [0.1, 0.15) is 0 Å². The molecule has 0 atom stereocenters. The van der Waals surface area contributed by atoms with E-state index >= 15 is 0 Å². The summed E-state index contributed by atoms with van der Waals surface area (Å²) in [5.74, 6) is -0.327. The van der Waals surface area contributed by atoms with Gasteiger partial charge in [0.25, 0.3) is 0 Å². The minimum Gasteiger partial charge on any atom is -0.462 e. The molecule has 0 aromatic heterocycles. The zero-order chi connectivity index (χ0) is 19.8. The van der Waals surface area contributed by atoms with Crippen LogP contribution in [0.2, 0.25) is 0 Å². The smallest absolute Gasteiger partial charge is 0.338 e. The third kappa shape index (κ3) is 5.18. The SMILES string of the molecule is CCOC(=O)c1ccc(NC(=S)N(Cc2ccccc2)c2ccccc2)cc1. The van der Waals surface area contributed by atoms with E-state index in [0.717, 1.165) is 16.9 Å². The Bertz CT molecular complexity index is 912. The fraction of sp³-hybridized carbons (Fsp3) is 0.130. The van der Waals surface area contributed by atoms with Crippen molar-refractivity contribution in [3.8, 4) is 0 Å². The van der Waals surface area contributed by atoms with Gasteiger partial charge in [-0.25, -0.2) is 4.79 Å². The monoisotopic (exact) mass is 390 g/mol. The van der Waals surface area contributed by atoms with Gasteiger partial charge >= 0.3 is 5.97 Å². The minimum atomic E-state index is -0.327. The molecule has 0 saturated heterocycles. The first kappa shape index (κ1) is 19.6. The normalized spacial score (nSPS) is 10.2. The van der Waals surface area contributed by atoms with E-state index < -0.39 is 0 Å². The highest BCUT2D eigenvalue weighted by atomic mass is 32.1. The Kier molecular flexibility index (Phi) is 6.76. The number of hydrogen-bond donors (Lipinski definition) is 1. The van der Waals surface area contributed by atoms with Crippen molar-refractivity contribution in [2.75, 3.05) is 16.8 Å². The van der Waals surface area contributed by atoms with Crippen molar-refractivity contribution in [3.63, 3.8) is 0 Å². The van der Waals surface area contributed by atoms with Gasteiger partial charge in [-0.1, -0.05) is 48.5 Å². The number of benzene rings is 3. The Labute approximate surface area is 170 Å². The average Bonchev–Trinajstić information content (AvgIpc) is 2.74. The summed E-state index contributed by atoms with van der Waals surface area (Å²) in [5, 5.41) is 3.85. The van der Waals surface area contributed by atoms with E-state index in [-0.39, 0.29) is 5.97 Å². The Balaban J connectivity index is 1.77. The first-order chi connectivity index (χ1) is 13.7. The summed E-state index contributed by atoms with van der Waals surface area (Å²) < 4.78 is 5.02. The molecule has 5 heteroatoms. The number of hydrogen-bond acceptors (Lipinski definition) is 3. The number of anilines is 2. The molecule has 0 amide bonds. The van der Waals surface area contributed by atoms with Crippen LogP contribution in [0.1, 0.15) is 22.8 Å². The van der Waals surface area contributed by atoms with Crippen LogP contribution >= 0.6 is 12.2 Å². The third-order valence-corrected chi connectivity index (χ3v) is 4.47. The fourth-order valence-corrected chi connectivity index (χ4v) is 3.04. The first-order valence-corrected chi connectivity index (χ1v) is 9.53. The molecule has 3 aromatic carbocycles. The van der Waals surface area contributed by atoms with Crippen LogP contribution in [0.4, 0.5) is 11.4 Å². The van der Waals surface area contributed by atoms with Gasteiger partial charge < -0.3 is 15.0 Å². The van der Waals surface area contributed by atoms with Crippen LogP contribution < -0.4 is 10.2 Å². The van der Waals surface area contributed by atoms with Gasteiger partial charge in [0, 0.05) is 11.4 Å². The molecular formula is C23H22N2O2S. The number of rotatable bonds is 6. The molecule has 1 N–H and O–H groups in total. The van der Waals surface area contributed by atoms with Crippen molar-refractivity contribution in [2.24, 2.45) is 0 Å². The Hall–Kier alpha value is -3.18. The van der Waals surface area contributed by atoms with Crippen LogP contribution in [-0.2, 0) is 11.3 Å². The number of esters is 1. The van der Waals surface area contributed by atoms with Crippen LogP contribution in [0.15, 0.2) is 84.9 Å². The van der Waals surface area contributed by atoms with Crippen LogP contribution in [0.3, 0.4) is 0 Å². The number of nitrogens with one attached hydrogen (secondary N) is 1. The minimum absolute atomic E-state index is 0.327. The number of carbonyl (C=O) groups excluding carboxylic acids is 1. The third-order valence-electron chi connectivity index (χ3n) is 4.14. The van der Waals surface area contributed by atoms with Gasteiger partial charge in [-0.05, 0) is 61.1 Å². The molecule has 0 unspecified atom stereocenters. The van der Waals surface area contributed by atoms with E-state index in [1.807, 2.05) is 65.6 Å². The van der Waals surface area contributed by atoms with E-state index in [0.29, 0.717) is 23.8 Å². The van der Waals surface area contributed by atoms with Gasteiger partial charge in [0.2, 0.25) is 0 Å². The molecule has 3 aromatic rings. The second kappa shape index (κ2) is 9.67. The predicted molar refractivity (Wildman–Crippen MR) is 118 cm³/mol. The van der Waals surface area contributed by atoms with Crippen LogP contribution in [-0.4, -0.2) is 17.7 Å². The lowest BCUT2D eigenvalue weighted by Gasteiger charge is -2.26. The summed E-state index contributed by atoms with van der Waals surface area (Å²) >= 11 is 5.69. The van der Waals surface area contributed by atoms with Crippen LogP contribution in [0.5, 0.6) is 0 Å². The van der Waals surface area contributed by atoms with E-state index in [1.165, 1.54) is 0 Å². The molecule has 0 fully saturated rings. The highest BCUT2D eigenvalue weighted by molar-refractivity contribution is 7.80. The lowest BCUT2D eigenvalue weighted by Crippen LogP contribution is -2.34. The molecular weight excluding hydrogens is 368 g/mol. The number of carbonyl (C=O) groups is 1. The van der Waals surface area contributed by atoms with Gasteiger partial charge in [-0.3, -0.25) is 0 Å². The molecule has 0 aliphatic rings. The molecule has 0 saturated carbocycles. The maximum Gasteiger partial charge on any atom is 0.338 e. The van der Waals surface area contributed by atoms with Crippen molar-refractivity contribution in [1.29, 1.82) is 0 Å². The van der Waals surface area contributed by atoms with E-state index in [9.17, 15) is 4.79 Å². The summed E-state index contributed by atoms with van der Waals surface area (Å²) in [5.41, 5.74) is 3.50. The standard InChI is InChI=1S/C23H22N2O2S/c1-2-27-22(26)19-13-15-20(16-14-19)24-23(28)25(21-11-7-4-8-12-21)17-18-9-5-3-6-10-18/h3-16H,2,17H2,1H3,(H,24,28). The number of ether oxygens (including phenoxy) is 1. The number of para-hydroxylation sites is 1. The molecule has 0 aliphatic carbocycles. The maximum absolute atomic E-state index is 11.8. The van der Waals surface area contributed by atoms with Gasteiger partial charge in [-0.15, -0.1) is 0 Å². The van der Waals surface area contributed by atoms with E-state index in [1.54, 1.807) is 19.1 Å². The highest BCUT2D eigenvalue weighted by Gasteiger charge is 2.13. The first-order valence-electron chi connectivity index (χ1n) is 9.12. The van der Waals surface area contributed by atoms with Gasteiger partial charge in [-0.2, -0.15) is 0 Å². The van der Waals surface area contributed by atoms with Crippen molar-refractivity contribution in [3.05, 3.63) is 96.1 Å². The quantitative estimate of drug-likeness (QED) is 0.459. The average molecular weight is 391 g/mol. The Morgan fingerprint density at radius 2 is 1.54 bits per heavy atom. The van der Waals surface area contributed by atoms with Crippen molar-refractivity contribution >= 4 is 34.7 Å². The molecule has 0 heterocycles. The summed E-state index contributed by atoms with van der Waals surface area (Å²) in [6.45, 7) is 2.79. The Morgan fingerprint density at radius 1 is 0.929 bits per heavy atom. The zero-order valence-electron chi connectivity index (χ0n) is 15.7. The predicted octanol–water partition coefficient (Wildman–Crippen LogP) is 5.27. The van der Waals surface area contributed by atoms with Crippen LogP contribution in [0.25, 0.3) is 0 Å². The lowest BCUT2D eigenvalue weighted by molar-refractivity contribution is 0.0526. The lowest BCUT2D eigenvalue weighted by atomic mass is 10.2. The summed E-state index contributed by atoms with van der Waals surface area (Å²) in [4.78, 5) is 13.8. The largest absolute Gasteiger partial charge is 0.462 e. The van der Waals surface area contributed by atoms with Crippen molar-refractivity contribution < 1.29 is 9.53 Å². The maximum atomic E-state index is 11.8. The second-order valence-corrected chi connectivity index (χ2v) is 6.52. The molecule has 0 bridgehead atoms. The van der Waals surface area contributed by atoms with Gasteiger partial charge in [0.05, 0.1) is 18.7 Å². The summed E-state index contributed by atoms with van der Waals surface area (Å²) in [7, 11) is 0. The van der Waals surface area contributed by atoms with E-state index in [4.69, 9.17) is 17.0 Å².